The second-order valence-corrected chi connectivity index (χ2v) is 6.57. The Balaban J connectivity index is 1.85. The van der Waals surface area contributed by atoms with Crippen molar-refractivity contribution in [2.45, 2.75) is 32.2 Å². The van der Waals surface area contributed by atoms with Crippen LogP contribution in [0, 0.1) is 0 Å². The molecule has 0 fully saturated rings. The first kappa shape index (κ1) is 18.3. The number of rotatable bonds is 7. The largest absolute Gasteiger partial charge is 0.493 e. The predicted octanol–water partition coefficient (Wildman–Crippen LogP) is 4.36. The smallest absolute Gasteiger partial charge is 0.161 e. The molecule has 1 unspecified atom stereocenters. The highest BCUT2D eigenvalue weighted by molar-refractivity contribution is 5.65. The zero-order valence-electron chi connectivity index (χ0n) is 15.6. The van der Waals surface area contributed by atoms with Crippen molar-refractivity contribution < 1.29 is 9.47 Å². The molecule has 138 valence electrons. The first-order valence-corrected chi connectivity index (χ1v) is 9.32. The molecule has 0 amide bonds. The molecular formula is C22H28N2O2. The van der Waals surface area contributed by atoms with Crippen LogP contribution in [0.3, 0.4) is 0 Å². The topological polar surface area (TPSA) is 56.5 Å². The summed E-state index contributed by atoms with van der Waals surface area (Å²) in [5, 5.41) is 3.56. The lowest BCUT2D eigenvalue weighted by molar-refractivity contribution is 0.287. The van der Waals surface area contributed by atoms with Crippen LogP contribution in [0.2, 0.25) is 0 Å². The van der Waals surface area contributed by atoms with E-state index >= 15 is 0 Å². The molecule has 2 aromatic rings. The molecule has 0 aliphatic carbocycles. The molecule has 1 aliphatic rings. The number of hydrogen-bond acceptors (Lipinski definition) is 4. The molecule has 26 heavy (non-hydrogen) atoms. The van der Waals surface area contributed by atoms with Crippen LogP contribution < -0.4 is 20.5 Å². The minimum absolute atomic E-state index is 0.136. The second-order valence-electron chi connectivity index (χ2n) is 6.57. The van der Waals surface area contributed by atoms with E-state index in [-0.39, 0.29) is 6.04 Å². The zero-order valence-corrected chi connectivity index (χ0v) is 15.6. The fourth-order valence-corrected chi connectivity index (χ4v) is 3.23. The van der Waals surface area contributed by atoms with E-state index in [1.165, 1.54) is 11.1 Å². The number of ether oxygens (including phenoxy) is 2. The number of hydrogen-bond donors (Lipinski definition) is 2. The molecule has 3 N–H and O–H groups in total. The van der Waals surface area contributed by atoms with Gasteiger partial charge in [0.25, 0.3) is 0 Å². The number of para-hydroxylation sites is 1. The number of anilines is 1. The van der Waals surface area contributed by atoms with Gasteiger partial charge in [0.05, 0.1) is 19.8 Å². The second kappa shape index (κ2) is 8.77. The first-order chi connectivity index (χ1) is 12.7. The SMILES string of the molecule is CCCCOc1cc2c(cc1OC)C(/C=C/c1ccccc1N)NCC2. The maximum absolute atomic E-state index is 6.05. The van der Waals surface area contributed by atoms with Crippen molar-refractivity contribution in [2.24, 2.45) is 0 Å². The van der Waals surface area contributed by atoms with E-state index in [4.69, 9.17) is 15.2 Å². The van der Waals surface area contributed by atoms with E-state index < -0.39 is 0 Å². The number of nitrogens with two attached hydrogens (primary N) is 1. The van der Waals surface area contributed by atoms with Crippen LogP contribution in [0.15, 0.2) is 42.5 Å². The lowest BCUT2D eigenvalue weighted by Gasteiger charge is -2.26. The van der Waals surface area contributed by atoms with E-state index in [1.807, 2.05) is 24.3 Å². The summed E-state index contributed by atoms with van der Waals surface area (Å²) in [6, 6.07) is 12.3. The van der Waals surface area contributed by atoms with Crippen LogP contribution in [0.4, 0.5) is 5.69 Å². The molecular weight excluding hydrogens is 324 g/mol. The Morgan fingerprint density at radius 3 is 2.85 bits per heavy atom. The van der Waals surface area contributed by atoms with Crippen molar-refractivity contribution in [1.29, 1.82) is 0 Å². The summed E-state index contributed by atoms with van der Waals surface area (Å²) in [6.45, 7) is 3.82. The number of unbranched alkanes of at least 4 members (excludes halogenated alkanes) is 1. The van der Waals surface area contributed by atoms with Gasteiger partial charge >= 0.3 is 0 Å². The Kier molecular flexibility index (Phi) is 6.18. The maximum Gasteiger partial charge on any atom is 0.161 e. The average molecular weight is 352 g/mol. The van der Waals surface area contributed by atoms with Crippen molar-refractivity contribution in [3.63, 3.8) is 0 Å². The van der Waals surface area contributed by atoms with Gasteiger partial charge in [0.1, 0.15) is 0 Å². The third-order valence-electron chi connectivity index (χ3n) is 4.74. The van der Waals surface area contributed by atoms with Gasteiger partial charge in [0.2, 0.25) is 0 Å². The minimum atomic E-state index is 0.136. The number of fused-ring (bicyclic) bond motifs is 1. The molecule has 0 saturated carbocycles. The van der Waals surface area contributed by atoms with Crippen LogP contribution in [-0.4, -0.2) is 20.3 Å². The Bertz CT molecular complexity index is 771. The van der Waals surface area contributed by atoms with Gasteiger partial charge in [-0.25, -0.2) is 0 Å². The van der Waals surface area contributed by atoms with Crippen LogP contribution in [-0.2, 0) is 6.42 Å². The highest BCUT2D eigenvalue weighted by Crippen LogP contribution is 2.36. The van der Waals surface area contributed by atoms with E-state index in [0.29, 0.717) is 0 Å². The van der Waals surface area contributed by atoms with Crippen molar-refractivity contribution in [1.82, 2.24) is 5.32 Å². The average Bonchev–Trinajstić information content (AvgIpc) is 2.67. The Hall–Kier alpha value is -2.46. The van der Waals surface area contributed by atoms with Crippen molar-refractivity contribution >= 4 is 11.8 Å². The van der Waals surface area contributed by atoms with E-state index in [2.05, 4.69) is 36.5 Å². The molecule has 0 radical (unpaired) electrons. The third-order valence-corrected chi connectivity index (χ3v) is 4.74. The fraction of sp³-hybridized carbons (Fsp3) is 0.364. The monoisotopic (exact) mass is 352 g/mol. The fourth-order valence-electron chi connectivity index (χ4n) is 3.23. The lowest BCUT2D eigenvalue weighted by Crippen LogP contribution is -2.28. The summed E-state index contributed by atoms with van der Waals surface area (Å²) in [5.74, 6) is 1.64. The zero-order chi connectivity index (χ0) is 18.4. The van der Waals surface area contributed by atoms with Gasteiger partial charge in [-0.05, 0) is 47.7 Å². The third kappa shape index (κ3) is 4.20. The van der Waals surface area contributed by atoms with Crippen LogP contribution in [0.1, 0.15) is 42.5 Å². The summed E-state index contributed by atoms with van der Waals surface area (Å²) in [7, 11) is 1.69. The summed E-state index contributed by atoms with van der Waals surface area (Å²) < 4.78 is 11.5. The van der Waals surface area contributed by atoms with Gasteiger partial charge in [-0.15, -0.1) is 0 Å². The molecule has 4 nitrogen and oxygen atoms in total. The van der Waals surface area contributed by atoms with Gasteiger partial charge < -0.3 is 20.5 Å². The normalized spacial score (nSPS) is 16.5. The van der Waals surface area contributed by atoms with Crippen molar-refractivity contribution in [3.05, 3.63) is 59.2 Å². The van der Waals surface area contributed by atoms with Gasteiger partial charge in [0, 0.05) is 12.2 Å². The molecule has 3 rings (SSSR count). The summed E-state index contributed by atoms with van der Waals surface area (Å²) in [6.07, 6.45) is 7.40. The summed E-state index contributed by atoms with van der Waals surface area (Å²) in [5.41, 5.74) is 10.4. The Morgan fingerprint density at radius 1 is 1.23 bits per heavy atom. The first-order valence-electron chi connectivity index (χ1n) is 9.32. The predicted molar refractivity (Wildman–Crippen MR) is 108 cm³/mol. The van der Waals surface area contributed by atoms with Crippen LogP contribution in [0.25, 0.3) is 6.08 Å². The molecule has 0 spiro atoms. The quantitative estimate of drug-likeness (QED) is 0.574. The van der Waals surface area contributed by atoms with E-state index in [9.17, 15) is 0 Å². The van der Waals surface area contributed by atoms with Gasteiger partial charge in [0.15, 0.2) is 11.5 Å². The molecule has 1 aliphatic heterocycles. The standard InChI is InChI=1S/C22H28N2O2/c1-3-4-13-26-22-14-17-11-12-24-20(18(17)15-21(22)25-2)10-9-16-7-5-6-8-19(16)23/h5-10,14-15,20,24H,3-4,11-13,23H2,1-2H3/b10-9+. The minimum Gasteiger partial charge on any atom is -0.493 e. The number of nitrogen functional groups attached to an aromatic ring is 1. The number of methoxy groups -OCH3 is 1. The maximum atomic E-state index is 6.05. The lowest BCUT2D eigenvalue weighted by atomic mass is 9.93. The van der Waals surface area contributed by atoms with Gasteiger partial charge in [-0.3, -0.25) is 0 Å². The highest BCUT2D eigenvalue weighted by atomic mass is 16.5. The van der Waals surface area contributed by atoms with Crippen LogP contribution >= 0.6 is 0 Å². The van der Waals surface area contributed by atoms with E-state index in [1.54, 1.807) is 7.11 Å². The van der Waals surface area contributed by atoms with Gasteiger partial charge in [-0.1, -0.05) is 43.7 Å². The van der Waals surface area contributed by atoms with Crippen molar-refractivity contribution in [2.75, 3.05) is 26.0 Å². The summed E-state index contributed by atoms with van der Waals surface area (Å²) in [4.78, 5) is 0. The Morgan fingerprint density at radius 2 is 2.08 bits per heavy atom. The molecule has 1 atom stereocenters. The molecule has 4 heteroatoms. The number of benzene rings is 2. The molecule has 0 aromatic heterocycles. The molecule has 2 aromatic carbocycles. The van der Waals surface area contributed by atoms with Gasteiger partial charge in [-0.2, -0.15) is 0 Å². The molecule has 0 saturated heterocycles. The van der Waals surface area contributed by atoms with E-state index in [0.717, 1.165) is 55.2 Å². The molecule has 0 bridgehead atoms. The number of nitrogens with one attached hydrogen (secondary N) is 1. The highest BCUT2D eigenvalue weighted by Gasteiger charge is 2.21. The van der Waals surface area contributed by atoms with Crippen LogP contribution in [0.5, 0.6) is 11.5 Å². The molecule has 1 heterocycles. The summed E-state index contributed by atoms with van der Waals surface area (Å²) >= 11 is 0. The Labute approximate surface area is 156 Å². The van der Waals surface area contributed by atoms with Crippen molar-refractivity contribution in [3.8, 4) is 11.5 Å².